The van der Waals surface area contributed by atoms with E-state index in [0.29, 0.717) is 53.2 Å². The van der Waals surface area contributed by atoms with Crippen LogP contribution in [0.3, 0.4) is 0 Å². The van der Waals surface area contributed by atoms with Gasteiger partial charge in [0, 0.05) is 82.6 Å². The molecule has 2 aromatic heterocycles. The van der Waals surface area contributed by atoms with Gasteiger partial charge in [-0.1, -0.05) is 118 Å². The van der Waals surface area contributed by atoms with Crippen LogP contribution in [-0.2, 0) is 64.0 Å². The number of nitrogens with one attached hydrogen (secondary N) is 8. The summed E-state index contributed by atoms with van der Waals surface area (Å²) in [5, 5.41) is 45.9. The second-order valence-electron chi connectivity index (χ2n) is 23.8. The standard InChI is InChI=1S/C70H89ClN12O11/c1-45(2)36-57(64(88)76-34-12-7-5-6-11-31-72)79-65(89)56(20-10-13-35-75-63(87)53-19-15-33-74-43-53)78-69(93)62(41-48-24-29-55(86)30-25-48)83(4)70(94)61(44-84)82-68(92)60(40-50-16-14-32-73-42-50)81-67(91)59(38-47-22-27-54(71)28-23-47)80-66(90)58(77-46(3)85)39-49-21-26-51-17-8-9-18-52(51)37-49/h8-9,14-19,21-30,32-33,37,42-43,45,56-62,84,86H,5-7,10-13,20,31,34-36,38-41,44,72H2,1-4H3,(H,75,87)(H,76,88)(H,77,85)(H,78,93)(H,79,89)(H,80,90)(H,81,91)(H,82,92)/t56-,57+,58-,59-,60-,61+,62+/m1/s1. The summed E-state index contributed by atoms with van der Waals surface area (Å²) in [5.41, 5.74) is 8.25. The molecule has 502 valence electrons. The second kappa shape index (κ2) is 38.6. The third kappa shape index (κ3) is 24.6. The topological polar surface area (TPSA) is 345 Å². The van der Waals surface area contributed by atoms with Crippen LogP contribution in [-0.4, -0.2) is 154 Å². The van der Waals surface area contributed by atoms with Gasteiger partial charge in [-0.3, -0.25) is 53.1 Å². The number of fused-ring (bicyclic) bond motifs is 1. The Labute approximate surface area is 553 Å². The van der Waals surface area contributed by atoms with Crippen LogP contribution in [0.15, 0.2) is 140 Å². The quantitative estimate of drug-likeness (QED) is 0.0235. The Hall–Kier alpha value is -9.32. The average Bonchev–Trinajstić information content (AvgIpc) is 0.895. The lowest BCUT2D eigenvalue weighted by molar-refractivity contribution is -0.144. The van der Waals surface area contributed by atoms with E-state index in [0.717, 1.165) is 53.3 Å². The molecule has 0 saturated heterocycles. The van der Waals surface area contributed by atoms with Crippen molar-refractivity contribution in [1.82, 2.24) is 57.4 Å². The molecule has 0 aliphatic rings. The molecule has 0 fully saturated rings. The Morgan fingerprint density at radius 3 is 1.68 bits per heavy atom. The number of halogens is 1. The first-order valence-electron chi connectivity index (χ1n) is 31.9. The Balaban J connectivity index is 1.25. The summed E-state index contributed by atoms with van der Waals surface area (Å²) in [6, 6.07) is 22.8. The molecule has 9 amide bonds. The van der Waals surface area contributed by atoms with E-state index < -0.39 is 96.2 Å². The lowest BCUT2D eigenvalue weighted by Gasteiger charge is -2.32. The fourth-order valence-electron chi connectivity index (χ4n) is 10.7. The molecule has 94 heavy (non-hydrogen) atoms. The summed E-state index contributed by atoms with van der Waals surface area (Å²) < 4.78 is 0. The number of benzene rings is 4. The molecule has 6 rings (SSSR count). The van der Waals surface area contributed by atoms with Gasteiger partial charge in [-0.15, -0.1) is 0 Å². The highest BCUT2D eigenvalue weighted by Crippen LogP contribution is 2.20. The number of hydrogen-bond acceptors (Lipinski definition) is 14. The van der Waals surface area contributed by atoms with Gasteiger partial charge in [0.25, 0.3) is 5.91 Å². The van der Waals surface area contributed by atoms with Crippen molar-refractivity contribution < 1.29 is 53.4 Å². The summed E-state index contributed by atoms with van der Waals surface area (Å²) in [6.45, 7) is 5.29. The van der Waals surface area contributed by atoms with Gasteiger partial charge in [0.2, 0.25) is 47.3 Å². The van der Waals surface area contributed by atoms with Crippen molar-refractivity contribution in [2.24, 2.45) is 11.7 Å². The van der Waals surface area contributed by atoms with Crippen molar-refractivity contribution in [1.29, 1.82) is 0 Å². The average molecular weight is 1310 g/mol. The minimum atomic E-state index is -1.75. The predicted octanol–water partition coefficient (Wildman–Crippen LogP) is 4.68. The molecular formula is C70H89ClN12O11. The SMILES string of the molecule is CC(=O)N[C@H](Cc1ccc2ccccc2c1)C(=O)N[C@H](Cc1ccc(Cl)cc1)C(=O)N[C@H](Cc1cccnc1)C(=O)N[C@@H](CO)C(=O)N(C)[C@@H](Cc1ccc(O)cc1)C(=O)N[C@H](CCCCNC(=O)c1cccnc1)C(=O)N[C@@H](CC(C)C)C(=O)NCCCCCCCN. The number of pyridine rings is 2. The van der Waals surface area contributed by atoms with Crippen molar-refractivity contribution in [2.45, 2.75) is 147 Å². The maximum atomic E-state index is 15.0. The van der Waals surface area contributed by atoms with E-state index in [4.69, 9.17) is 17.3 Å². The van der Waals surface area contributed by atoms with Crippen LogP contribution in [0, 0.1) is 5.92 Å². The molecule has 2 heterocycles. The highest BCUT2D eigenvalue weighted by atomic mass is 35.5. The van der Waals surface area contributed by atoms with Gasteiger partial charge < -0.3 is 63.4 Å². The number of phenolic OH excluding ortho intramolecular Hbond substituents is 1. The Morgan fingerprint density at radius 1 is 0.521 bits per heavy atom. The van der Waals surface area contributed by atoms with E-state index in [1.165, 1.54) is 56.8 Å². The molecule has 0 aliphatic carbocycles. The van der Waals surface area contributed by atoms with Crippen LogP contribution in [0.2, 0.25) is 5.02 Å². The maximum absolute atomic E-state index is 15.0. The second-order valence-corrected chi connectivity index (χ2v) is 24.3. The number of unbranched alkanes of at least 4 members (excludes halogenated alkanes) is 5. The number of nitrogens with two attached hydrogens (primary N) is 1. The number of amides is 9. The normalized spacial score (nSPS) is 13.4. The first-order chi connectivity index (χ1) is 45.2. The van der Waals surface area contributed by atoms with Crippen LogP contribution in [0.1, 0.15) is 111 Å². The maximum Gasteiger partial charge on any atom is 0.252 e. The molecule has 0 bridgehead atoms. The van der Waals surface area contributed by atoms with E-state index in [2.05, 4.69) is 52.5 Å². The summed E-state index contributed by atoms with van der Waals surface area (Å²) in [5.74, 6) is -6.30. The zero-order chi connectivity index (χ0) is 67.9. The van der Waals surface area contributed by atoms with Gasteiger partial charge in [-0.25, -0.2) is 0 Å². The zero-order valence-corrected chi connectivity index (χ0v) is 54.5. The van der Waals surface area contributed by atoms with E-state index in [-0.39, 0.29) is 62.6 Å². The number of phenols is 1. The van der Waals surface area contributed by atoms with E-state index >= 15 is 4.79 Å². The highest BCUT2D eigenvalue weighted by molar-refractivity contribution is 6.30. The van der Waals surface area contributed by atoms with Gasteiger partial charge in [0.15, 0.2) is 0 Å². The lowest BCUT2D eigenvalue weighted by atomic mass is 9.99. The number of aliphatic hydroxyl groups is 1. The number of aromatic hydroxyl groups is 1. The number of likely N-dealkylation sites (N-methyl/N-ethyl adjacent to an activating group) is 1. The molecule has 6 aromatic rings. The number of hydrogen-bond donors (Lipinski definition) is 11. The lowest BCUT2D eigenvalue weighted by Crippen LogP contribution is -2.61. The fraction of sp³-hybridized carbons (Fsp3) is 0.414. The number of aromatic nitrogens is 2. The monoisotopic (exact) mass is 1310 g/mol. The van der Waals surface area contributed by atoms with Gasteiger partial charge in [0.1, 0.15) is 48.0 Å². The molecule has 23 nitrogen and oxygen atoms in total. The Bertz CT molecular complexity index is 3440. The Kier molecular flexibility index (Phi) is 30.3. The highest BCUT2D eigenvalue weighted by Gasteiger charge is 2.37. The van der Waals surface area contributed by atoms with Crippen LogP contribution in [0.25, 0.3) is 10.8 Å². The number of aliphatic hydroxyl groups excluding tert-OH is 1. The summed E-state index contributed by atoms with van der Waals surface area (Å²) in [6.07, 6.45) is 10.9. The van der Waals surface area contributed by atoms with Crippen LogP contribution >= 0.6 is 11.6 Å². The molecular weight excluding hydrogens is 1220 g/mol. The van der Waals surface area contributed by atoms with Crippen molar-refractivity contribution in [3.05, 3.63) is 173 Å². The van der Waals surface area contributed by atoms with Crippen molar-refractivity contribution in [3.8, 4) is 5.75 Å². The van der Waals surface area contributed by atoms with Gasteiger partial charge >= 0.3 is 0 Å². The minimum Gasteiger partial charge on any atom is -0.508 e. The van der Waals surface area contributed by atoms with Crippen LogP contribution < -0.4 is 48.3 Å². The molecule has 4 aromatic carbocycles. The first-order valence-corrected chi connectivity index (χ1v) is 32.3. The first kappa shape index (κ1) is 73.7. The molecule has 0 radical (unpaired) electrons. The summed E-state index contributed by atoms with van der Waals surface area (Å²) in [4.78, 5) is 137. The third-order valence-corrected chi connectivity index (χ3v) is 16.0. The molecule has 0 spiro atoms. The van der Waals surface area contributed by atoms with Gasteiger partial charge in [0.05, 0.1) is 12.2 Å². The number of nitrogens with zero attached hydrogens (tertiary/aromatic N) is 3. The number of rotatable bonds is 38. The molecule has 0 unspecified atom stereocenters. The molecule has 12 N–H and O–H groups in total. The molecule has 0 saturated carbocycles. The molecule has 7 atom stereocenters. The van der Waals surface area contributed by atoms with E-state index in [1.54, 1.807) is 54.7 Å². The number of carbonyl (C=O) groups is 9. The predicted molar refractivity (Wildman–Crippen MR) is 358 cm³/mol. The molecule has 24 heteroatoms. The van der Waals surface area contributed by atoms with Crippen molar-refractivity contribution >= 4 is 75.5 Å². The van der Waals surface area contributed by atoms with Gasteiger partial charge in [-0.05, 0) is 126 Å². The molecule has 0 aliphatic heterocycles. The minimum absolute atomic E-state index is 0.0214. The number of carbonyl (C=O) groups excluding carboxylic acids is 9. The largest absolute Gasteiger partial charge is 0.508 e. The smallest absolute Gasteiger partial charge is 0.252 e. The third-order valence-electron chi connectivity index (χ3n) is 15.8. The summed E-state index contributed by atoms with van der Waals surface area (Å²) >= 11 is 6.24. The van der Waals surface area contributed by atoms with Crippen molar-refractivity contribution in [3.63, 3.8) is 0 Å². The van der Waals surface area contributed by atoms with Crippen molar-refractivity contribution in [2.75, 3.05) is 33.3 Å². The van der Waals surface area contributed by atoms with E-state index in [1.807, 2.05) is 56.3 Å². The van der Waals surface area contributed by atoms with E-state index in [9.17, 15) is 48.6 Å². The summed E-state index contributed by atoms with van der Waals surface area (Å²) in [7, 11) is 1.29. The fourth-order valence-corrected chi connectivity index (χ4v) is 10.8. The zero-order valence-electron chi connectivity index (χ0n) is 53.8. The Morgan fingerprint density at radius 2 is 1.05 bits per heavy atom. The van der Waals surface area contributed by atoms with Gasteiger partial charge in [-0.2, -0.15) is 0 Å². The van der Waals surface area contributed by atoms with Crippen LogP contribution in [0.5, 0.6) is 5.75 Å². The van der Waals surface area contributed by atoms with Crippen LogP contribution in [0.4, 0.5) is 0 Å².